The lowest BCUT2D eigenvalue weighted by molar-refractivity contribution is -0.127. The first kappa shape index (κ1) is 23.3. The van der Waals surface area contributed by atoms with Crippen LogP contribution in [0.4, 0.5) is 0 Å². The quantitative estimate of drug-likeness (QED) is 0.699. The van der Waals surface area contributed by atoms with E-state index in [0.717, 1.165) is 51.4 Å². The van der Waals surface area contributed by atoms with Crippen LogP contribution in [-0.2, 0) is 14.8 Å². The molecule has 2 amide bonds. The van der Waals surface area contributed by atoms with Gasteiger partial charge in [-0.05, 0) is 44.6 Å². The smallest absolute Gasteiger partial charge is 0.270 e. The summed E-state index contributed by atoms with van der Waals surface area (Å²) in [6.07, 6.45) is 12.5. The summed E-state index contributed by atoms with van der Waals surface area (Å²) in [5.74, 6) is -0.489. The van der Waals surface area contributed by atoms with Crippen LogP contribution in [0.2, 0.25) is 0 Å². The van der Waals surface area contributed by atoms with Crippen LogP contribution in [0.15, 0.2) is 17.2 Å². The van der Waals surface area contributed by atoms with Gasteiger partial charge in [0.15, 0.2) is 0 Å². The van der Waals surface area contributed by atoms with E-state index in [4.69, 9.17) is 0 Å². The number of carbonyl (C=O) groups excluding carboxylic acids is 2. The van der Waals surface area contributed by atoms with Gasteiger partial charge in [0.1, 0.15) is 10.6 Å². The fourth-order valence-electron chi connectivity index (χ4n) is 5.18. The second-order valence-corrected chi connectivity index (χ2v) is 11.4. The molecule has 8 nitrogen and oxygen atoms in total. The summed E-state index contributed by atoms with van der Waals surface area (Å²) >= 11 is 0. The van der Waals surface area contributed by atoms with Gasteiger partial charge in [-0.2, -0.15) is 4.31 Å². The van der Waals surface area contributed by atoms with Gasteiger partial charge in [0.2, 0.25) is 15.9 Å². The maximum Gasteiger partial charge on any atom is 0.270 e. The van der Waals surface area contributed by atoms with E-state index in [0.29, 0.717) is 38.2 Å². The predicted octanol–water partition coefficient (Wildman–Crippen LogP) is 2.88. The summed E-state index contributed by atoms with van der Waals surface area (Å²) in [5.41, 5.74) is 0.314. The highest BCUT2D eigenvalue weighted by atomic mass is 32.2. The molecule has 1 aliphatic carbocycles. The average molecular weight is 465 g/mol. The molecule has 3 aliphatic rings. The van der Waals surface area contributed by atoms with Crippen molar-refractivity contribution < 1.29 is 18.0 Å². The number of rotatable bonds is 5. The number of piperidine rings is 1. The third-order valence-corrected chi connectivity index (χ3v) is 8.97. The lowest BCUT2D eigenvalue weighted by atomic mass is 9.93. The molecular formula is C23H36N4O4S. The number of H-pyrrole nitrogens is 1. The van der Waals surface area contributed by atoms with Gasteiger partial charge in [0.25, 0.3) is 5.91 Å². The molecule has 1 aromatic heterocycles. The number of aromatic amines is 1. The Morgan fingerprint density at radius 3 is 2.31 bits per heavy atom. The Labute approximate surface area is 191 Å². The Bertz CT molecular complexity index is 899. The average Bonchev–Trinajstić information content (AvgIpc) is 3.16. The highest BCUT2D eigenvalue weighted by molar-refractivity contribution is 7.89. The molecule has 32 heavy (non-hydrogen) atoms. The molecule has 3 fully saturated rings. The minimum atomic E-state index is -3.76. The number of carbonyl (C=O) groups is 2. The first-order valence-electron chi connectivity index (χ1n) is 12.2. The van der Waals surface area contributed by atoms with E-state index < -0.39 is 10.0 Å². The van der Waals surface area contributed by atoms with Crippen LogP contribution in [0, 0.1) is 5.92 Å². The van der Waals surface area contributed by atoms with Crippen molar-refractivity contribution in [3.63, 3.8) is 0 Å². The van der Waals surface area contributed by atoms with Crippen LogP contribution in [0.25, 0.3) is 0 Å². The van der Waals surface area contributed by atoms with Crippen molar-refractivity contribution in [3.8, 4) is 0 Å². The molecule has 178 valence electrons. The monoisotopic (exact) mass is 464 g/mol. The fourth-order valence-corrected chi connectivity index (χ4v) is 6.70. The van der Waals surface area contributed by atoms with Crippen molar-refractivity contribution in [2.24, 2.45) is 5.92 Å². The van der Waals surface area contributed by atoms with Gasteiger partial charge in [0.05, 0.1) is 5.92 Å². The normalized spacial score (nSPS) is 24.1. The molecule has 0 aromatic carbocycles. The Morgan fingerprint density at radius 1 is 0.906 bits per heavy atom. The van der Waals surface area contributed by atoms with Crippen molar-refractivity contribution in [3.05, 3.63) is 18.0 Å². The highest BCUT2D eigenvalue weighted by Gasteiger charge is 2.35. The van der Waals surface area contributed by atoms with E-state index in [1.165, 1.54) is 23.0 Å². The molecule has 0 bridgehead atoms. The van der Waals surface area contributed by atoms with Gasteiger partial charge < -0.3 is 15.2 Å². The predicted molar refractivity (Wildman–Crippen MR) is 122 cm³/mol. The Hall–Kier alpha value is -1.87. The second-order valence-electron chi connectivity index (χ2n) is 9.50. The number of nitrogens with one attached hydrogen (secondary N) is 2. The topological polar surface area (TPSA) is 103 Å². The molecule has 0 spiro atoms. The van der Waals surface area contributed by atoms with Gasteiger partial charge >= 0.3 is 0 Å². The molecule has 0 radical (unpaired) electrons. The van der Waals surface area contributed by atoms with E-state index in [2.05, 4.69) is 10.3 Å². The zero-order valence-corrected chi connectivity index (χ0v) is 19.7. The van der Waals surface area contributed by atoms with Crippen LogP contribution in [0.5, 0.6) is 0 Å². The van der Waals surface area contributed by atoms with Crippen molar-refractivity contribution in [2.45, 2.75) is 81.6 Å². The Kier molecular flexibility index (Phi) is 7.55. The third kappa shape index (κ3) is 5.36. The van der Waals surface area contributed by atoms with Crippen molar-refractivity contribution in [1.29, 1.82) is 0 Å². The summed E-state index contributed by atoms with van der Waals surface area (Å²) in [5, 5.41) is 3.14. The minimum absolute atomic E-state index is 0.0251. The number of hydrogen-bond acceptors (Lipinski definition) is 4. The molecule has 1 aromatic rings. The van der Waals surface area contributed by atoms with Gasteiger partial charge in [-0.15, -0.1) is 0 Å². The highest BCUT2D eigenvalue weighted by Crippen LogP contribution is 2.26. The van der Waals surface area contributed by atoms with Crippen molar-refractivity contribution in [1.82, 2.24) is 19.5 Å². The maximum atomic E-state index is 13.3. The van der Waals surface area contributed by atoms with Gasteiger partial charge in [0, 0.05) is 38.4 Å². The molecule has 1 saturated carbocycles. The van der Waals surface area contributed by atoms with E-state index in [1.54, 1.807) is 0 Å². The largest absolute Gasteiger partial charge is 0.356 e. The number of amides is 2. The lowest BCUT2D eigenvalue weighted by Gasteiger charge is -2.32. The van der Waals surface area contributed by atoms with Crippen LogP contribution in [0.3, 0.4) is 0 Å². The van der Waals surface area contributed by atoms with E-state index >= 15 is 0 Å². The molecule has 9 heteroatoms. The number of hydrogen-bond donors (Lipinski definition) is 2. The fraction of sp³-hybridized carbons (Fsp3) is 0.739. The van der Waals surface area contributed by atoms with Gasteiger partial charge in [-0.25, -0.2) is 8.42 Å². The number of nitrogens with zero attached hydrogens (tertiary/aromatic N) is 2. The van der Waals surface area contributed by atoms with Crippen LogP contribution in [0.1, 0.15) is 81.1 Å². The standard InChI is InChI=1S/C23H36N4O4S/c28-22(25-19-10-4-3-5-11-19)18-9-8-14-27(17-18)32(30,31)20-15-21(24-16-20)23(29)26-12-6-1-2-7-13-26/h15-16,18-19,24H,1-14,17H2,(H,25,28)/t18-/m1/s1. The number of likely N-dealkylation sites (tertiary alicyclic amines) is 1. The Morgan fingerprint density at radius 2 is 1.59 bits per heavy atom. The molecule has 0 unspecified atom stereocenters. The summed E-state index contributed by atoms with van der Waals surface area (Å²) < 4.78 is 27.9. The third-order valence-electron chi connectivity index (χ3n) is 7.12. The zero-order valence-electron chi connectivity index (χ0n) is 18.9. The second kappa shape index (κ2) is 10.4. The van der Waals surface area contributed by atoms with Crippen molar-refractivity contribution in [2.75, 3.05) is 26.2 Å². The molecule has 1 atom stereocenters. The molecule has 2 aliphatic heterocycles. The molecule has 2 N–H and O–H groups in total. The zero-order chi connectivity index (χ0) is 22.6. The van der Waals surface area contributed by atoms with E-state index in [-0.39, 0.29) is 35.2 Å². The van der Waals surface area contributed by atoms with Crippen molar-refractivity contribution >= 4 is 21.8 Å². The van der Waals surface area contributed by atoms with Crippen LogP contribution in [-0.4, -0.2) is 66.6 Å². The Balaban J connectivity index is 1.40. The summed E-state index contributed by atoms with van der Waals surface area (Å²) in [4.78, 5) is 30.4. The molecule has 2 saturated heterocycles. The first-order chi connectivity index (χ1) is 15.4. The molecule has 4 rings (SSSR count). The number of aromatic nitrogens is 1. The lowest BCUT2D eigenvalue weighted by Crippen LogP contribution is -2.47. The van der Waals surface area contributed by atoms with Gasteiger partial charge in [-0.3, -0.25) is 9.59 Å². The first-order valence-corrected chi connectivity index (χ1v) is 13.7. The number of sulfonamides is 1. The summed E-state index contributed by atoms with van der Waals surface area (Å²) in [6, 6.07) is 1.68. The van der Waals surface area contributed by atoms with E-state index in [1.807, 2.05) is 4.90 Å². The molecule has 3 heterocycles. The van der Waals surface area contributed by atoms with Crippen LogP contribution >= 0.6 is 0 Å². The van der Waals surface area contributed by atoms with E-state index in [9.17, 15) is 18.0 Å². The van der Waals surface area contributed by atoms with Gasteiger partial charge in [-0.1, -0.05) is 32.1 Å². The SMILES string of the molecule is O=C(NC1CCCCC1)[C@@H]1CCCN(S(=O)(=O)c2c[nH]c(C(=O)N3CCCCCC3)c2)C1. The summed E-state index contributed by atoms with van der Waals surface area (Å²) in [6.45, 7) is 2.02. The molecular weight excluding hydrogens is 428 g/mol. The van der Waals surface area contributed by atoms with Crippen LogP contribution < -0.4 is 5.32 Å². The maximum absolute atomic E-state index is 13.3. The minimum Gasteiger partial charge on any atom is -0.356 e. The summed E-state index contributed by atoms with van der Waals surface area (Å²) in [7, 11) is -3.76.